The van der Waals surface area contributed by atoms with Gasteiger partial charge in [0.25, 0.3) is 5.91 Å². The second-order valence-corrected chi connectivity index (χ2v) is 7.44. The second-order valence-electron chi connectivity index (χ2n) is 7.44. The average molecular weight is 403 g/mol. The maximum atomic E-state index is 13.7. The van der Waals surface area contributed by atoms with Crippen molar-refractivity contribution in [2.24, 2.45) is 0 Å². The van der Waals surface area contributed by atoms with E-state index < -0.39 is 5.54 Å². The molecule has 2 N–H and O–H groups in total. The number of amides is 1. The second kappa shape index (κ2) is 7.92. The first kappa shape index (κ1) is 18.8. The van der Waals surface area contributed by atoms with Gasteiger partial charge in [0.1, 0.15) is 5.54 Å². The van der Waals surface area contributed by atoms with Crippen molar-refractivity contribution in [3.05, 3.63) is 138 Å². The van der Waals surface area contributed by atoms with Gasteiger partial charge in [0.05, 0.1) is 17.3 Å². The third-order valence-corrected chi connectivity index (χ3v) is 5.64. The minimum Gasteiger partial charge on any atom is -0.334 e. The molecule has 0 aliphatic rings. The third-order valence-electron chi connectivity index (χ3n) is 5.64. The van der Waals surface area contributed by atoms with Crippen LogP contribution in [0.2, 0.25) is 0 Å². The Morgan fingerprint density at radius 1 is 0.677 bits per heavy atom. The van der Waals surface area contributed by atoms with Gasteiger partial charge in [-0.1, -0.05) is 103 Å². The molecule has 5 aromatic rings. The molecule has 1 aromatic heterocycles. The summed E-state index contributed by atoms with van der Waals surface area (Å²) in [6, 6.07) is 35.9. The molecule has 0 aliphatic carbocycles. The van der Waals surface area contributed by atoms with E-state index in [-0.39, 0.29) is 5.91 Å². The Kier molecular flexibility index (Phi) is 4.81. The molecule has 4 heteroatoms. The molecule has 0 spiro atoms. The summed E-state index contributed by atoms with van der Waals surface area (Å²) in [7, 11) is 0. The first-order chi connectivity index (χ1) is 15.3. The number of carbonyl (C=O) groups is 1. The lowest BCUT2D eigenvalue weighted by atomic mass is 9.76. The SMILES string of the molecule is O=C(NC(c1ccccc1)(c1ccccc1)c1ccccc1)c1cccc2cn[nH]c12. The largest absolute Gasteiger partial charge is 0.334 e. The Morgan fingerprint density at radius 2 is 1.19 bits per heavy atom. The van der Waals surface area contributed by atoms with Crippen molar-refractivity contribution in [2.45, 2.75) is 5.54 Å². The molecule has 0 saturated carbocycles. The van der Waals surface area contributed by atoms with Crippen molar-refractivity contribution in [1.29, 1.82) is 0 Å². The third kappa shape index (κ3) is 3.28. The topological polar surface area (TPSA) is 57.8 Å². The predicted octanol–water partition coefficient (Wildman–Crippen LogP) is 5.28. The van der Waals surface area contributed by atoms with Crippen molar-refractivity contribution in [3.63, 3.8) is 0 Å². The highest BCUT2D eigenvalue weighted by atomic mass is 16.1. The van der Waals surface area contributed by atoms with E-state index >= 15 is 0 Å². The lowest BCUT2D eigenvalue weighted by molar-refractivity contribution is 0.0926. The van der Waals surface area contributed by atoms with E-state index in [1.54, 1.807) is 6.20 Å². The molecule has 1 amide bonds. The van der Waals surface area contributed by atoms with Gasteiger partial charge in [-0.15, -0.1) is 0 Å². The number of hydrogen-bond acceptors (Lipinski definition) is 2. The van der Waals surface area contributed by atoms with E-state index in [1.165, 1.54) is 0 Å². The van der Waals surface area contributed by atoms with E-state index in [2.05, 4.69) is 51.9 Å². The number of carbonyl (C=O) groups excluding carboxylic acids is 1. The van der Waals surface area contributed by atoms with Gasteiger partial charge in [-0.25, -0.2) is 0 Å². The maximum Gasteiger partial charge on any atom is 0.254 e. The molecule has 150 valence electrons. The number of H-pyrrole nitrogens is 1. The van der Waals surface area contributed by atoms with Crippen LogP contribution in [0.5, 0.6) is 0 Å². The molecule has 0 aliphatic heterocycles. The van der Waals surface area contributed by atoms with Crippen LogP contribution in [0.4, 0.5) is 0 Å². The smallest absolute Gasteiger partial charge is 0.254 e. The first-order valence-electron chi connectivity index (χ1n) is 10.2. The number of hydrogen-bond donors (Lipinski definition) is 2. The van der Waals surface area contributed by atoms with Gasteiger partial charge in [0.2, 0.25) is 0 Å². The fourth-order valence-electron chi connectivity index (χ4n) is 4.18. The minimum absolute atomic E-state index is 0.175. The molecule has 0 bridgehead atoms. The predicted molar refractivity (Wildman–Crippen MR) is 123 cm³/mol. The highest BCUT2D eigenvalue weighted by molar-refractivity contribution is 6.06. The van der Waals surface area contributed by atoms with E-state index in [0.717, 1.165) is 27.6 Å². The highest BCUT2D eigenvalue weighted by Crippen LogP contribution is 2.37. The Bertz CT molecular complexity index is 1220. The van der Waals surface area contributed by atoms with Gasteiger partial charge >= 0.3 is 0 Å². The van der Waals surface area contributed by atoms with Crippen LogP contribution in [-0.4, -0.2) is 16.1 Å². The Labute approximate surface area is 180 Å². The van der Waals surface area contributed by atoms with Gasteiger partial charge in [-0.2, -0.15) is 5.10 Å². The minimum atomic E-state index is -0.858. The van der Waals surface area contributed by atoms with Gasteiger partial charge in [0, 0.05) is 5.39 Å². The van der Waals surface area contributed by atoms with Crippen LogP contribution >= 0.6 is 0 Å². The molecule has 5 rings (SSSR count). The molecule has 4 aromatic carbocycles. The standard InChI is InChI=1S/C27H21N3O/c31-26(24-18-10-11-20-19-28-30-25(20)24)29-27(21-12-4-1-5-13-21,22-14-6-2-7-15-22)23-16-8-3-9-17-23/h1-19H,(H,28,30)(H,29,31). The van der Waals surface area contributed by atoms with Crippen molar-refractivity contribution < 1.29 is 4.79 Å². The van der Waals surface area contributed by atoms with Crippen molar-refractivity contribution in [2.75, 3.05) is 0 Å². The molecular weight excluding hydrogens is 382 g/mol. The molecule has 0 saturated heterocycles. The Balaban J connectivity index is 1.74. The summed E-state index contributed by atoms with van der Waals surface area (Å²) in [6.45, 7) is 0. The first-order valence-corrected chi connectivity index (χ1v) is 10.2. The van der Waals surface area contributed by atoms with Crippen molar-refractivity contribution in [3.8, 4) is 0 Å². The highest BCUT2D eigenvalue weighted by Gasteiger charge is 2.38. The maximum absolute atomic E-state index is 13.7. The van der Waals surface area contributed by atoms with Gasteiger partial charge < -0.3 is 5.32 Å². The lowest BCUT2D eigenvalue weighted by Crippen LogP contribution is -2.47. The van der Waals surface area contributed by atoms with Crippen LogP contribution in [0.15, 0.2) is 115 Å². The summed E-state index contributed by atoms with van der Waals surface area (Å²) in [4.78, 5) is 13.7. The fraction of sp³-hybridized carbons (Fsp3) is 0.0370. The number of aromatic nitrogens is 2. The van der Waals surface area contributed by atoms with Crippen LogP contribution < -0.4 is 5.32 Å². The molecular formula is C27H21N3O. The summed E-state index contributed by atoms with van der Waals surface area (Å²) < 4.78 is 0. The zero-order valence-electron chi connectivity index (χ0n) is 16.8. The molecule has 0 unspecified atom stereocenters. The number of fused-ring (bicyclic) bond motifs is 1. The van der Waals surface area contributed by atoms with Crippen LogP contribution in [-0.2, 0) is 5.54 Å². The fourth-order valence-corrected chi connectivity index (χ4v) is 4.18. The summed E-state index contributed by atoms with van der Waals surface area (Å²) in [5.41, 5.74) is 3.38. The number of nitrogens with one attached hydrogen (secondary N) is 2. The van der Waals surface area contributed by atoms with Crippen LogP contribution in [0.25, 0.3) is 10.9 Å². The van der Waals surface area contributed by atoms with Gasteiger partial charge in [0.15, 0.2) is 0 Å². The quantitative estimate of drug-likeness (QED) is 0.392. The molecule has 1 heterocycles. The average Bonchev–Trinajstić information content (AvgIpc) is 3.33. The van der Waals surface area contributed by atoms with E-state index in [9.17, 15) is 4.79 Å². The summed E-state index contributed by atoms with van der Waals surface area (Å²) in [6.07, 6.45) is 1.73. The van der Waals surface area contributed by atoms with E-state index in [0.29, 0.717) is 5.56 Å². The Morgan fingerprint density at radius 3 is 1.71 bits per heavy atom. The molecule has 4 nitrogen and oxygen atoms in total. The summed E-state index contributed by atoms with van der Waals surface area (Å²) in [5, 5.41) is 11.4. The van der Waals surface area contributed by atoms with Crippen LogP contribution in [0.1, 0.15) is 27.0 Å². The van der Waals surface area contributed by atoms with E-state index in [1.807, 2.05) is 72.8 Å². The number of benzene rings is 4. The van der Waals surface area contributed by atoms with Gasteiger partial charge in [-0.3, -0.25) is 9.89 Å². The number of para-hydroxylation sites is 1. The van der Waals surface area contributed by atoms with Crippen LogP contribution in [0.3, 0.4) is 0 Å². The summed E-state index contributed by atoms with van der Waals surface area (Å²) >= 11 is 0. The molecule has 31 heavy (non-hydrogen) atoms. The van der Waals surface area contributed by atoms with Crippen molar-refractivity contribution in [1.82, 2.24) is 15.5 Å². The van der Waals surface area contributed by atoms with Gasteiger partial charge in [-0.05, 0) is 22.8 Å². The van der Waals surface area contributed by atoms with Crippen molar-refractivity contribution >= 4 is 16.8 Å². The number of rotatable bonds is 5. The molecule has 0 atom stereocenters. The monoisotopic (exact) mass is 403 g/mol. The zero-order chi connectivity index (χ0) is 21.1. The zero-order valence-corrected chi connectivity index (χ0v) is 16.8. The number of aromatic amines is 1. The van der Waals surface area contributed by atoms with E-state index in [4.69, 9.17) is 0 Å². The Hall–Kier alpha value is -4.18. The molecule has 0 radical (unpaired) electrons. The molecule has 0 fully saturated rings. The summed E-state index contributed by atoms with van der Waals surface area (Å²) in [5.74, 6) is -0.175. The lowest BCUT2D eigenvalue weighted by Gasteiger charge is -2.37. The normalized spacial score (nSPS) is 11.4. The number of nitrogens with zero attached hydrogens (tertiary/aromatic N) is 1. The van der Waals surface area contributed by atoms with Crippen LogP contribution in [0, 0.1) is 0 Å².